The number of likely N-dealkylation sites (tertiary alicyclic amines) is 1. The minimum Gasteiger partial charge on any atom is -0.491 e. The molecule has 20 heteroatoms. The Hall–Kier alpha value is -5.96. The molecular formula is C52H73N13O6S. The molecule has 2 saturated heterocycles. The molecule has 0 spiro atoms. The first kappa shape index (κ1) is 52.4. The number of anilines is 3. The van der Waals surface area contributed by atoms with Crippen molar-refractivity contribution in [1.82, 2.24) is 55.9 Å². The number of nitrogens with zero attached hydrogens (tertiary/aromatic N) is 8. The number of carbonyl (C=O) groups is 2. The maximum absolute atomic E-state index is 14.6. The van der Waals surface area contributed by atoms with Crippen molar-refractivity contribution in [2.45, 2.75) is 128 Å². The fourth-order valence-corrected chi connectivity index (χ4v) is 10.9. The molecule has 72 heavy (non-hydrogen) atoms. The summed E-state index contributed by atoms with van der Waals surface area (Å²) in [6.45, 7) is 21.5. The monoisotopic (exact) mass is 1010 g/mol. The number of fused-ring (bicyclic) bond motifs is 2. The number of aryl methyl sites for hydroxylation is 2. The van der Waals surface area contributed by atoms with Crippen LogP contribution in [-0.4, -0.2) is 149 Å². The van der Waals surface area contributed by atoms with Gasteiger partial charge in [0.2, 0.25) is 17.8 Å². The highest BCUT2D eigenvalue weighted by molar-refractivity contribution is 7.92. The van der Waals surface area contributed by atoms with E-state index in [1.807, 2.05) is 53.8 Å². The molecule has 0 bridgehead atoms. The summed E-state index contributed by atoms with van der Waals surface area (Å²) in [6.07, 6.45) is 7.44. The van der Waals surface area contributed by atoms with Crippen molar-refractivity contribution >= 4 is 50.1 Å². The van der Waals surface area contributed by atoms with Crippen molar-refractivity contribution in [3.63, 3.8) is 0 Å². The molecule has 2 aliphatic heterocycles. The van der Waals surface area contributed by atoms with Crippen molar-refractivity contribution in [1.29, 1.82) is 0 Å². The largest absolute Gasteiger partial charge is 0.491 e. The second kappa shape index (κ2) is 21.6. The van der Waals surface area contributed by atoms with E-state index in [9.17, 15) is 18.0 Å². The van der Waals surface area contributed by atoms with Crippen LogP contribution in [-0.2, 0) is 25.8 Å². The summed E-state index contributed by atoms with van der Waals surface area (Å²) in [5, 5.41) is 21.1. The molecule has 2 aromatic carbocycles. The van der Waals surface area contributed by atoms with Crippen molar-refractivity contribution < 1.29 is 27.5 Å². The van der Waals surface area contributed by atoms with Gasteiger partial charge in [0.05, 0.1) is 41.3 Å². The van der Waals surface area contributed by atoms with E-state index in [-0.39, 0.29) is 47.7 Å². The average Bonchev–Trinajstić information content (AvgIpc) is 3.92. The maximum atomic E-state index is 14.6. The molecule has 388 valence electrons. The number of nitrogens with one attached hydrogen (secondary N) is 5. The van der Waals surface area contributed by atoms with Crippen LogP contribution in [0.5, 0.6) is 11.5 Å². The third-order valence-electron chi connectivity index (χ3n) is 14.3. The molecule has 5 heterocycles. The number of aromatic amines is 1. The maximum Gasteiger partial charge on any atom is 0.243 e. The van der Waals surface area contributed by atoms with E-state index in [0.29, 0.717) is 79.9 Å². The molecule has 2 fully saturated rings. The number of rotatable bonds is 17. The Bertz CT molecular complexity index is 2820. The number of aromatic nitrogens is 6. The summed E-state index contributed by atoms with van der Waals surface area (Å²) in [5.41, 5.74) is 4.34. The zero-order chi connectivity index (χ0) is 51.5. The second-order valence-electron chi connectivity index (χ2n) is 21.5. The predicted octanol–water partition coefficient (Wildman–Crippen LogP) is 5.43. The van der Waals surface area contributed by atoms with E-state index in [4.69, 9.17) is 19.4 Å². The van der Waals surface area contributed by atoms with Crippen LogP contribution in [0.4, 0.5) is 17.6 Å². The minimum absolute atomic E-state index is 0.0758. The number of likely N-dealkylation sites (N-methyl/N-ethyl adjacent to an activating group) is 1. The van der Waals surface area contributed by atoms with Gasteiger partial charge < -0.3 is 40.5 Å². The van der Waals surface area contributed by atoms with Crippen LogP contribution in [0.1, 0.15) is 96.2 Å². The highest BCUT2D eigenvalue weighted by atomic mass is 32.2. The van der Waals surface area contributed by atoms with Gasteiger partial charge in [-0.1, -0.05) is 45.0 Å². The molecule has 2 amide bonds. The number of hydrogen-bond acceptors (Lipinski definition) is 16. The number of benzene rings is 2. The number of H-pyrrole nitrogens is 1. The Morgan fingerprint density at radius 3 is 2.38 bits per heavy atom. The van der Waals surface area contributed by atoms with E-state index in [0.717, 1.165) is 36.1 Å². The molecule has 5 aromatic rings. The molecule has 3 aliphatic rings. The highest BCUT2D eigenvalue weighted by Gasteiger charge is 2.46. The third-order valence-corrected chi connectivity index (χ3v) is 16.8. The molecule has 0 radical (unpaired) electrons. The van der Waals surface area contributed by atoms with Crippen LogP contribution >= 0.6 is 0 Å². The Morgan fingerprint density at radius 2 is 1.69 bits per heavy atom. The van der Waals surface area contributed by atoms with Crippen LogP contribution in [0.25, 0.3) is 10.9 Å². The summed E-state index contributed by atoms with van der Waals surface area (Å²) in [4.78, 5) is 53.4. The lowest BCUT2D eigenvalue weighted by molar-refractivity contribution is -0.142. The fourth-order valence-electron chi connectivity index (χ4n) is 9.59. The third kappa shape index (κ3) is 11.6. The first-order valence-electron chi connectivity index (χ1n) is 25.2. The van der Waals surface area contributed by atoms with E-state index in [1.165, 1.54) is 11.9 Å². The zero-order valence-corrected chi connectivity index (χ0v) is 44.3. The van der Waals surface area contributed by atoms with Gasteiger partial charge in [-0.2, -0.15) is 5.10 Å². The number of hydrogen-bond donors (Lipinski definition) is 5. The van der Waals surface area contributed by atoms with Gasteiger partial charge in [-0.3, -0.25) is 19.6 Å². The molecule has 0 unspecified atom stereocenters. The van der Waals surface area contributed by atoms with Gasteiger partial charge in [0.25, 0.3) is 0 Å². The number of carbonyl (C=O) groups excluding carboxylic acids is 2. The van der Waals surface area contributed by atoms with Crippen molar-refractivity contribution in [3.05, 3.63) is 77.5 Å². The van der Waals surface area contributed by atoms with Gasteiger partial charge >= 0.3 is 0 Å². The highest BCUT2D eigenvalue weighted by Crippen LogP contribution is 2.38. The summed E-state index contributed by atoms with van der Waals surface area (Å²) >= 11 is 0. The lowest BCUT2D eigenvalue weighted by Gasteiger charge is -2.36. The van der Waals surface area contributed by atoms with E-state index < -0.39 is 38.2 Å². The van der Waals surface area contributed by atoms with Gasteiger partial charge in [0, 0.05) is 74.4 Å². The van der Waals surface area contributed by atoms with Crippen molar-refractivity contribution in [2.75, 3.05) is 69.7 Å². The van der Waals surface area contributed by atoms with Gasteiger partial charge in [-0.25, -0.2) is 28.4 Å². The molecule has 19 nitrogen and oxygen atoms in total. The molecule has 8 rings (SSSR count). The normalized spacial score (nSPS) is 19.7. The number of ether oxygens (including phenoxy) is 2. The molecule has 5 atom stereocenters. The predicted molar refractivity (Wildman–Crippen MR) is 279 cm³/mol. The molecule has 1 aliphatic carbocycles. The van der Waals surface area contributed by atoms with Crippen LogP contribution < -0.4 is 35.6 Å². The topological polar surface area (TPSA) is 225 Å². The number of sulfone groups is 1. The lowest BCUT2D eigenvalue weighted by Crippen LogP contribution is -2.58. The quantitative estimate of drug-likeness (QED) is 0.0783. The Labute approximate surface area is 424 Å². The van der Waals surface area contributed by atoms with Crippen LogP contribution in [0.3, 0.4) is 0 Å². The van der Waals surface area contributed by atoms with E-state index in [2.05, 4.69) is 70.3 Å². The molecule has 0 saturated carbocycles. The first-order valence-corrected chi connectivity index (χ1v) is 26.7. The average molecular weight is 1010 g/mol. The Kier molecular flexibility index (Phi) is 15.7. The first-order chi connectivity index (χ1) is 34.2. The summed E-state index contributed by atoms with van der Waals surface area (Å²) in [6, 6.07) is 10.3. The van der Waals surface area contributed by atoms with Gasteiger partial charge in [0.15, 0.2) is 21.4 Å². The SMILES string of the molecule is CN[C@@H](C)CN[C@H](C(=O)N1C[C@@H](Oc2cnc(N3CCN(CCOc4cc5ncnc(Nc6n[nH]c(C)c6C)c5cc4S(=O)(=O)C(C)(C)C)CC3)nc2)C[C@H]1C(=O)N[C@@H]1CCCc2ccccc21)C(C)(C)C. The Balaban J connectivity index is 0.895. The van der Waals surface area contributed by atoms with E-state index in [1.54, 1.807) is 50.2 Å². The minimum atomic E-state index is -3.84. The zero-order valence-electron chi connectivity index (χ0n) is 43.5. The van der Waals surface area contributed by atoms with Crippen LogP contribution in [0.2, 0.25) is 0 Å². The lowest BCUT2D eigenvalue weighted by atomic mass is 9.85. The molecule has 3 aromatic heterocycles. The summed E-state index contributed by atoms with van der Waals surface area (Å²) in [7, 11) is -1.95. The van der Waals surface area contributed by atoms with Gasteiger partial charge in [0.1, 0.15) is 41.5 Å². The van der Waals surface area contributed by atoms with E-state index >= 15 is 0 Å². The van der Waals surface area contributed by atoms with Gasteiger partial charge in [-0.15, -0.1) is 0 Å². The van der Waals surface area contributed by atoms with Gasteiger partial charge in [-0.05, 0) is 90.5 Å². The number of piperazine rings is 1. The second-order valence-corrected chi connectivity index (χ2v) is 24.2. The molecule has 5 N–H and O–H groups in total. The molecular weight excluding hydrogens is 935 g/mol. The van der Waals surface area contributed by atoms with Crippen molar-refractivity contribution in [2.24, 2.45) is 5.41 Å². The fraction of sp³-hybridized carbons (Fsp3) is 0.558. The van der Waals surface area contributed by atoms with Crippen LogP contribution in [0, 0.1) is 19.3 Å². The summed E-state index contributed by atoms with van der Waals surface area (Å²) in [5.74, 6) is 2.01. The smallest absolute Gasteiger partial charge is 0.243 e. The summed E-state index contributed by atoms with van der Waals surface area (Å²) < 4.78 is 39.8. The standard InChI is InChI=1S/C52H73N13O6S/c1-32(53-10)27-54-45(51(4,5)6)49(67)65-30-36(24-42(65)48(66)59-40-17-13-15-35-14-11-12-16-38(35)40)71-37-28-55-50(56-29-37)64-20-18-63(19-21-64)22-23-70-43-26-41-39(25-44(43)72(68,69)52(7,8)9)47(58-31-57-41)60-46-33(2)34(3)61-62-46/h11-12,14,16,25-26,28-29,31-32,36,40,42,45,53-54H,13,15,17-24,27,30H2,1-10H3,(H,59,66)(H2,57,58,60,61,62)/t32-,36-,40+,42-,45+/m0/s1. The number of amides is 2. The van der Waals surface area contributed by atoms with Crippen LogP contribution in [0.15, 0.2) is 60.0 Å². The van der Waals surface area contributed by atoms with Crippen molar-refractivity contribution in [3.8, 4) is 11.5 Å². The Morgan fingerprint density at radius 1 is 0.958 bits per heavy atom.